The maximum Gasteiger partial charge on any atom is 0.164 e. The van der Waals surface area contributed by atoms with Crippen molar-refractivity contribution in [3.8, 4) is 51.0 Å². The van der Waals surface area contributed by atoms with Crippen molar-refractivity contribution in [2.24, 2.45) is 0 Å². The summed E-state index contributed by atoms with van der Waals surface area (Å²) < 4.78 is 15.9. The molecule has 12 aromatic rings. The van der Waals surface area contributed by atoms with Gasteiger partial charge in [-0.1, -0.05) is 146 Å². The fourth-order valence-corrected chi connectivity index (χ4v) is 8.62. The van der Waals surface area contributed by atoms with Crippen molar-refractivity contribution in [2.75, 3.05) is 0 Å². The summed E-state index contributed by atoms with van der Waals surface area (Å²) in [4.78, 5) is 15.2. The highest BCUT2D eigenvalue weighted by Crippen LogP contribution is 2.46. The second kappa shape index (κ2) is 12.3. The SMILES string of the molecule is c1ccc(-c2nc(-c3ccccc3)nc(-c3cccc4oc5cccc(-c6cccc7c6oc6cccc(-n8c9ccccc9c9ccccc98)c67)c5c34)n2)cc1. The zero-order chi connectivity index (χ0) is 37.5. The van der Waals surface area contributed by atoms with Crippen molar-refractivity contribution >= 4 is 65.7 Å². The minimum absolute atomic E-state index is 0.573. The molecule has 0 bridgehead atoms. The van der Waals surface area contributed by atoms with Gasteiger partial charge in [-0.05, 0) is 42.0 Å². The molecule has 4 aromatic heterocycles. The minimum Gasteiger partial charge on any atom is -0.456 e. The summed E-state index contributed by atoms with van der Waals surface area (Å²) in [7, 11) is 0. The fraction of sp³-hybridized carbons (Fsp3) is 0. The van der Waals surface area contributed by atoms with E-state index in [1.165, 1.54) is 10.8 Å². The van der Waals surface area contributed by atoms with E-state index in [1.807, 2.05) is 78.9 Å². The second-order valence-corrected chi connectivity index (χ2v) is 14.3. The molecule has 57 heavy (non-hydrogen) atoms. The van der Waals surface area contributed by atoms with Crippen LogP contribution in [0.3, 0.4) is 0 Å². The largest absolute Gasteiger partial charge is 0.456 e. The summed E-state index contributed by atoms with van der Waals surface area (Å²) >= 11 is 0. The van der Waals surface area contributed by atoms with Gasteiger partial charge in [-0.25, -0.2) is 15.0 Å². The first-order valence-corrected chi connectivity index (χ1v) is 19.0. The molecule has 6 heteroatoms. The molecule has 6 nitrogen and oxygen atoms in total. The number of nitrogens with zero attached hydrogens (tertiary/aromatic N) is 4. The third-order valence-electron chi connectivity index (χ3n) is 11.1. The quantitative estimate of drug-likeness (QED) is 0.176. The highest BCUT2D eigenvalue weighted by atomic mass is 16.3. The molecule has 4 heterocycles. The summed E-state index contributed by atoms with van der Waals surface area (Å²) in [6.07, 6.45) is 0. The molecule has 0 unspecified atom stereocenters. The molecule has 0 spiro atoms. The first-order chi connectivity index (χ1) is 28.3. The number of fused-ring (bicyclic) bond motifs is 9. The molecule has 0 aliphatic carbocycles. The lowest BCUT2D eigenvalue weighted by atomic mass is 9.95. The van der Waals surface area contributed by atoms with E-state index in [2.05, 4.69) is 108 Å². The van der Waals surface area contributed by atoms with Gasteiger partial charge in [0.2, 0.25) is 0 Å². The molecule has 12 rings (SSSR count). The molecule has 0 aliphatic rings. The fourth-order valence-electron chi connectivity index (χ4n) is 8.62. The molecule has 8 aromatic carbocycles. The van der Waals surface area contributed by atoms with Gasteiger partial charge in [-0.3, -0.25) is 0 Å². The Morgan fingerprint density at radius 1 is 0.333 bits per heavy atom. The number of aromatic nitrogens is 4. The van der Waals surface area contributed by atoms with E-state index in [0.717, 1.165) is 88.4 Å². The lowest BCUT2D eigenvalue weighted by Crippen LogP contribution is -2.00. The summed E-state index contributed by atoms with van der Waals surface area (Å²) in [5.41, 5.74) is 11.2. The molecular formula is C51H30N4O2. The summed E-state index contributed by atoms with van der Waals surface area (Å²) in [5, 5.41) is 6.46. The van der Waals surface area contributed by atoms with Gasteiger partial charge in [-0.15, -0.1) is 0 Å². The van der Waals surface area contributed by atoms with Crippen molar-refractivity contribution in [3.63, 3.8) is 0 Å². The van der Waals surface area contributed by atoms with Crippen molar-refractivity contribution in [3.05, 3.63) is 182 Å². The normalized spacial score (nSPS) is 11.9. The summed E-state index contributed by atoms with van der Waals surface area (Å²) in [6.45, 7) is 0. The number of benzene rings is 8. The Morgan fingerprint density at radius 3 is 1.46 bits per heavy atom. The molecule has 0 aliphatic heterocycles. The molecule has 0 saturated heterocycles. The molecular weight excluding hydrogens is 701 g/mol. The molecule has 0 radical (unpaired) electrons. The van der Waals surface area contributed by atoms with Crippen LogP contribution in [0, 0.1) is 0 Å². The standard InChI is InChI=1S/C51H30N4O2/c1-3-15-31(16-4-1)49-52-50(32-17-5-2-6-18-32)54-51(53-49)38-24-13-29-44-47(38)46-35(21-12-28-43(46)56-44)36-22-11-23-37-45-41(27-14-30-42(45)57-48(36)37)55-39-25-9-7-19-33(39)34-20-8-10-26-40(34)55/h1-30H. The van der Waals surface area contributed by atoms with Gasteiger partial charge in [-0.2, -0.15) is 0 Å². The number of para-hydroxylation sites is 3. The predicted octanol–water partition coefficient (Wildman–Crippen LogP) is 13.4. The first kappa shape index (κ1) is 31.5. The predicted molar refractivity (Wildman–Crippen MR) is 230 cm³/mol. The Hall–Kier alpha value is -7.83. The molecule has 266 valence electrons. The van der Waals surface area contributed by atoms with E-state index < -0.39 is 0 Å². The maximum absolute atomic E-state index is 6.91. The summed E-state index contributed by atoms with van der Waals surface area (Å²) in [5.74, 6) is 1.79. The van der Waals surface area contributed by atoms with Crippen molar-refractivity contribution in [1.82, 2.24) is 19.5 Å². The zero-order valence-electron chi connectivity index (χ0n) is 30.4. The van der Waals surface area contributed by atoms with Gasteiger partial charge < -0.3 is 13.4 Å². The van der Waals surface area contributed by atoms with Gasteiger partial charge in [0.1, 0.15) is 22.3 Å². The monoisotopic (exact) mass is 730 g/mol. The van der Waals surface area contributed by atoms with Crippen LogP contribution >= 0.6 is 0 Å². The van der Waals surface area contributed by atoms with Crippen LogP contribution in [-0.2, 0) is 0 Å². The molecule has 0 N–H and O–H groups in total. The highest BCUT2D eigenvalue weighted by Gasteiger charge is 2.23. The van der Waals surface area contributed by atoms with Crippen molar-refractivity contribution < 1.29 is 8.83 Å². The van der Waals surface area contributed by atoms with Crippen LogP contribution in [0.25, 0.3) is 117 Å². The Labute approximate surface area is 325 Å². The molecule has 0 amide bonds. The van der Waals surface area contributed by atoms with Gasteiger partial charge in [0.25, 0.3) is 0 Å². The topological polar surface area (TPSA) is 69.9 Å². The average molecular weight is 731 g/mol. The Kier molecular flexibility index (Phi) is 6.83. The van der Waals surface area contributed by atoms with Crippen LogP contribution in [-0.4, -0.2) is 19.5 Å². The van der Waals surface area contributed by atoms with E-state index in [-0.39, 0.29) is 0 Å². The van der Waals surface area contributed by atoms with E-state index in [1.54, 1.807) is 0 Å². The third kappa shape index (κ3) is 4.81. The number of furan rings is 2. The minimum atomic E-state index is 0.573. The Morgan fingerprint density at radius 2 is 0.807 bits per heavy atom. The lowest BCUT2D eigenvalue weighted by Gasteiger charge is -2.10. The van der Waals surface area contributed by atoms with Crippen LogP contribution in [0.2, 0.25) is 0 Å². The zero-order valence-corrected chi connectivity index (χ0v) is 30.4. The first-order valence-electron chi connectivity index (χ1n) is 19.0. The smallest absolute Gasteiger partial charge is 0.164 e. The van der Waals surface area contributed by atoms with Crippen molar-refractivity contribution in [2.45, 2.75) is 0 Å². The number of hydrogen-bond acceptors (Lipinski definition) is 5. The van der Waals surface area contributed by atoms with Crippen LogP contribution < -0.4 is 0 Å². The maximum atomic E-state index is 6.91. The van der Waals surface area contributed by atoms with Gasteiger partial charge >= 0.3 is 0 Å². The van der Waals surface area contributed by atoms with E-state index in [9.17, 15) is 0 Å². The van der Waals surface area contributed by atoms with Gasteiger partial charge in [0, 0.05) is 49.2 Å². The van der Waals surface area contributed by atoms with Gasteiger partial charge in [0.15, 0.2) is 17.5 Å². The lowest BCUT2D eigenvalue weighted by molar-refractivity contribution is 0.668. The van der Waals surface area contributed by atoms with Crippen LogP contribution in [0.1, 0.15) is 0 Å². The third-order valence-corrected chi connectivity index (χ3v) is 11.1. The van der Waals surface area contributed by atoms with Crippen LogP contribution in [0.4, 0.5) is 0 Å². The second-order valence-electron chi connectivity index (χ2n) is 14.3. The molecule has 0 saturated carbocycles. The number of rotatable bonds is 5. The Balaban J connectivity index is 1.11. The highest BCUT2D eigenvalue weighted by molar-refractivity contribution is 6.21. The Bertz CT molecular complexity index is 3410. The molecule has 0 atom stereocenters. The summed E-state index contributed by atoms with van der Waals surface area (Å²) in [6, 6.07) is 62.5. The van der Waals surface area contributed by atoms with E-state index >= 15 is 0 Å². The van der Waals surface area contributed by atoms with Crippen molar-refractivity contribution in [1.29, 1.82) is 0 Å². The van der Waals surface area contributed by atoms with E-state index in [4.69, 9.17) is 23.8 Å². The van der Waals surface area contributed by atoms with Crippen LogP contribution in [0.5, 0.6) is 0 Å². The number of hydrogen-bond donors (Lipinski definition) is 0. The molecule has 0 fully saturated rings. The van der Waals surface area contributed by atoms with Crippen LogP contribution in [0.15, 0.2) is 191 Å². The average Bonchev–Trinajstić information content (AvgIpc) is 3.97. The van der Waals surface area contributed by atoms with Gasteiger partial charge in [0.05, 0.1) is 22.1 Å². The van der Waals surface area contributed by atoms with E-state index in [0.29, 0.717) is 17.5 Å².